The quantitative estimate of drug-likeness (QED) is 0.677. The van der Waals surface area contributed by atoms with E-state index in [1.165, 1.54) is 5.56 Å². The minimum Gasteiger partial charge on any atom is -0.218 e. The monoisotopic (exact) mass is 344 g/mol. The van der Waals surface area contributed by atoms with Gasteiger partial charge in [0.1, 0.15) is 0 Å². The highest BCUT2D eigenvalue weighted by molar-refractivity contribution is 7.91. The van der Waals surface area contributed by atoms with E-state index < -0.39 is 9.84 Å². The highest BCUT2D eigenvalue weighted by atomic mass is 32.2. The third-order valence-electron chi connectivity index (χ3n) is 4.40. The van der Waals surface area contributed by atoms with Crippen LogP contribution in [0.25, 0.3) is 0 Å². The average molecular weight is 345 g/mol. The lowest BCUT2D eigenvalue weighted by atomic mass is 9.89. The molecule has 0 saturated heterocycles. The van der Waals surface area contributed by atoms with Gasteiger partial charge in [-0.2, -0.15) is 0 Å². The standard InChI is InChI=1S/C21H28O2S/c1-14(2)17-12-19(15(3)4)21(20(13-17)16(5)6)24(22,23)18-10-8-7-9-11-18/h7-16H,1-6H3. The summed E-state index contributed by atoms with van der Waals surface area (Å²) in [6, 6.07) is 12.9. The Balaban J connectivity index is 2.86. The van der Waals surface area contributed by atoms with Gasteiger partial charge in [-0.05, 0) is 46.6 Å². The number of hydrogen-bond donors (Lipinski definition) is 0. The van der Waals surface area contributed by atoms with Gasteiger partial charge in [-0.3, -0.25) is 0 Å². The first-order chi connectivity index (χ1) is 11.2. The molecule has 0 N–H and O–H groups in total. The Labute approximate surface area is 146 Å². The molecule has 2 rings (SSSR count). The molecule has 0 aromatic heterocycles. The smallest absolute Gasteiger partial charge is 0.207 e. The topological polar surface area (TPSA) is 34.1 Å². The molecule has 0 aliphatic carbocycles. The lowest BCUT2D eigenvalue weighted by molar-refractivity contribution is 0.590. The Morgan fingerprint density at radius 2 is 1.17 bits per heavy atom. The minimum atomic E-state index is -3.53. The molecule has 0 bridgehead atoms. The second kappa shape index (κ2) is 7.10. The summed E-state index contributed by atoms with van der Waals surface area (Å²) in [6.07, 6.45) is 0. The molecule has 0 heterocycles. The fourth-order valence-electron chi connectivity index (χ4n) is 2.92. The van der Waals surface area contributed by atoms with Crippen LogP contribution in [0, 0.1) is 0 Å². The van der Waals surface area contributed by atoms with Crippen LogP contribution in [-0.4, -0.2) is 8.42 Å². The van der Waals surface area contributed by atoms with Crippen molar-refractivity contribution in [2.75, 3.05) is 0 Å². The van der Waals surface area contributed by atoms with E-state index in [9.17, 15) is 8.42 Å². The summed E-state index contributed by atoms with van der Waals surface area (Å²) >= 11 is 0. The largest absolute Gasteiger partial charge is 0.218 e. The number of rotatable bonds is 5. The third-order valence-corrected chi connectivity index (χ3v) is 6.30. The Hall–Kier alpha value is -1.61. The second-order valence-corrected chi connectivity index (χ2v) is 9.20. The minimum absolute atomic E-state index is 0.148. The Morgan fingerprint density at radius 3 is 1.54 bits per heavy atom. The first-order valence-corrected chi connectivity index (χ1v) is 10.1. The Morgan fingerprint density at radius 1 is 0.708 bits per heavy atom. The summed E-state index contributed by atoms with van der Waals surface area (Å²) < 4.78 is 26.7. The molecule has 0 atom stereocenters. The number of sulfone groups is 1. The molecule has 2 nitrogen and oxygen atoms in total. The summed E-state index contributed by atoms with van der Waals surface area (Å²) in [5, 5.41) is 0. The van der Waals surface area contributed by atoms with Crippen LogP contribution in [-0.2, 0) is 9.84 Å². The van der Waals surface area contributed by atoms with Gasteiger partial charge in [-0.25, -0.2) is 8.42 Å². The van der Waals surface area contributed by atoms with E-state index in [2.05, 4.69) is 53.7 Å². The number of benzene rings is 2. The van der Waals surface area contributed by atoms with Crippen LogP contribution in [0.4, 0.5) is 0 Å². The van der Waals surface area contributed by atoms with Crippen molar-refractivity contribution in [3.05, 3.63) is 59.2 Å². The summed E-state index contributed by atoms with van der Waals surface area (Å²) in [4.78, 5) is 0.870. The molecular formula is C21H28O2S. The fourth-order valence-corrected chi connectivity index (χ4v) is 4.88. The predicted molar refractivity (Wildman–Crippen MR) is 101 cm³/mol. The van der Waals surface area contributed by atoms with E-state index in [0.29, 0.717) is 15.7 Å². The van der Waals surface area contributed by atoms with Gasteiger partial charge in [-0.15, -0.1) is 0 Å². The van der Waals surface area contributed by atoms with Crippen LogP contribution in [0.3, 0.4) is 0 Å². The fraction of sp³-hybridized carbons (Fsp3) is 0.429. The van der Waals surface area contributed by atoms with Crippen molar-refractivity contribution in [1.82, 2.24) is 0 Å². The van der Waals surface area contributed by atoms with Crippen LogP contribution >= 0.6 is 0 Å². The first kappa shape index (κ1) is 18.7. The van der Waals surface area contributed by atoms with Gasteiger partial charge in [0.25, 0.3) is 0 Å². The van der Waals surface area contributed by atoms with Gasteiger partial charge >= 0.3 is 0 Å². The van der Waals surface area contributed by atoms with Crippen LogP contribution in [0.5, 0.6) is 0 Å². The zero-order valence-corrected chi connectivity index (χ0v) is 16.3. The van der Waals surface area contributed by atoms with Crippen LogP contribution < -0.4 is 0 Å². The molecule has 0 radical (unpaired) electrons. The maximum Gasteiger partial charge on any atom is 0.207 e. The predicted octanol–water partition coefficient (Wildman–Crippen LogP) is 5.89. The van der Waals surface area contributed by atoms with Gasteiger partial charge in [0, 0.05) is 0 Å². The Bertz CT molecular complexity index is 772. The summed E-state index contributed by atoms with van der Waals surface area (Å²) in [6.45, 7) is 12.5. The molecule has 0 spiro atoms. The Kier molecular flexibility index (Phi) is 5.54. The van der Waals surface area contributed by atoms with Crippen LogP contribution in [0.1, 0.15) is 76.0 Å². The highest BCUT2D eigenvalue weighted by Crippen LogP contribution is 2.37. The van der Waals surface area contributed by atoms with Crippen molar-refractivity contribution in [3.8, 4) is 0 Å². The van der Waals surface area contributed by atoms with Crippen molar-refractivity contribution in [2.24, 2.45) is 0 Å². The molecule has 130 valence electrons. The molecule has 0 fully saturated rings. The second-order valence-electron chi connectivity index (χ2n) is 7.31. The molecule has 0 aliphatic heterocycles. The third kappa shape index (κ3) is 3.56. The highest BCUT2D eigenvalue weighted by Gasteiger charge is 2.28. The van der Waals surface area contributed by atoms with Crippen molar-refractivity contribution >= 4 is 9.84 Å². The van der Waals surface area contributed by atoms with Gasteiger partial charge in [0.2, 0.25) is 9.84 Å². The van der Waals surface area contributed by atoms with Crippen molar-refractivity contribution < 1.29 is 8.42 Å². The molecule has 0 unspecified atom stereocenters. The normalized spacial score (nSPS) is 12.4. The zero-order chi connectivity index (χ0) is 18.1. The lowest BCUT2D eigenvalue weighted by Crippen LogP contribution is -2.13. The lowest BCUT2D eigenvalue weighted by Gasteiger charge is -2.22. The maximum absolute atomic E-state index is 13.4. The van der Waals surface area contributed by atoms with Crippen molar-refractivity contribution in [3.63, 3.8) is 0 Å². The number of hydrogen-bond acceptors (Lipinski definition) is 2. The van der Waals surface area contributed by atoms with Crippen molar-refractivity contribution in [2.45, 2.75) is 69.1 Å². The molecule has 2 aromatic rings. The van der Waals surface area contributed by atoms with E-state index in [4.69, 9.17) is 0 Å². The van der Waals surface area contributed by atoms with Gasteiger partial charge in [-0.1, -0.05) is 71.9 Å². The van der Waals surface area contributed by atoms with Gasteiger partial charge < -0.3 is 0 Å². The summed E-state index contributed by atoms with van der Waals surface area (Å²) in [5.74, 6) is 0.665. The molecule has 24 heavy (non-hydrogen) atoms. The SMILES string of the molecule is CC(C)c1cc(C(C)C)c(S(=O)(=O)c2ccccc2)c(C(C)C)c1. The van der Waals surface area contributed by atoms with E-state index in [1.54, 1.807) is 24.3 Å². The van der Waals surface area contributed by atoms with Crippen LogP contribution in [0.2, 0.25) is 0 Å². The van der Waals surface area contributed by atoms with E-state index in [1.807, 2.05) is 6.07 Å². The summed E-state index contributed by atoms with van der Waals surface area (Å²) in [5.41, 5.74) is 3.05. The molecule has 3 heteroatoms. The molecular weight excluding hydrogens is 316 g/mol. The van der Waals surface area contributed by atoms with Crippen LogP contribution in [0.15, 0.2) is 52.3 Å². The molecule has 0 saturated carbocycles. The zero-order valence-electron chi connectivity index (χ0n) is 15.5. The van der Waals surface area contributed by atoms with E-state index in [-0.39, 0.29) is 11.8 Å². The molecule has 2 aromatic carbocycles. The van der Waals surface area contributed by atoms with Gasteiger partial charge in [0.05, 0.1) is 9.79 Å². The molecule has 0 aliphatic rings. The van der Waals surface area contributed by atoms with Crippen molar-refractivity contribution in [1.29, 1.82) is 0 Å². The first-order valence-electron chi connectivity index (χ1n) is 8.64. The summed E-state index contributed by atoms with van der Waals surface area (Å²) in [7, 11) is -3.53. The van der Waals surface area contributed by atoms with E-state index >= 15 is 0 Å². The van der Waals surface area contributed by atoms with Gasteiger partial charge in [0.15, 0.2) is 0 Å². The maximum atomic E-state index is 13.4. The van der Waals surface area contributed by atoms with E-state index in [0.717, 1.165) is 11.1 Å². The molecule has 0 amide bonds. The average Bonchev–Trinajstić information content (AvgIpc) is 2.54.